The summed E-state index contributed by atoms with van der Waals surface area (Å²) in [5, 5.41) is 11.8. The van der Waals surface area contributed by atoms with Crippen LogP contribution < -0.4 is 5.32 Å². The van der Waals surface area contributed by atoms with Gasteiger partial charge in [-0.3, -0.25) is 0 Å². The van der Waals surface area contributed by atoms with Crippen LogP contribution in [0, 0.1) is 17.8 Å². The van der Waals surface area contributed by atoms with Gasteiger partial charge in [-0.1, -0.05) is 0 Å². The molecule has 0 bridgehead atoms. The number of hydrogen-bond donors (Lipinski definition) is 2. The number of hydrogen-bond acceptors (Lipinski definition) is 2. The fourth-order valence-corrected chi connectivity index (χ4v) is 3.35. The van der Waals surface area contributed by atoms with E-state index in [1.54, 1.807) is 0 Å². The largest absolute Gasteiger partial charge is 0.396 e. The number of rotatable bonds is 3. The maximum Gasteiger partial charge on any atom is 0.390 e. The van der Waals surface area contributed by atoms with Gasteiger partial charge in [-0.05, 0) is 43.6 Å². The van der Waals surface area contributed by atoms with E-state index in [9.17, 15) is 13.2 Å². The Morgan fingerprint density at radius 3 is 2.62 bits per heavy atom. The van der Waals surface area contributed by atoms with Crippen molar-refractivity contribution < 1.29 is 18.3 Å². The Morgan fingerprint density at radius 2 is 2.00 bits per heavy atom. The van der Waals surface area contributed by atoms with Gasteiger partial charge in [0.2, 0.25) is 0 Å². The van der Waals surface area contributed by atoms with Crippen LogP contribution in [-0.4, -0.2) is 30.5 Å². The maximum absolute atomic E-state index is 12.3. The lowest BCUT2D eigenvalue weighted by Gasteiger charge is -2.20. The third-order valence-electron chi connectivity index (χ3n) is 3.99. The Bertz CT molecular complexity index is 244. The zero-order valence-corrected chi connectivity index (χ0v) is 9.13. The van der Waals surface area contributed by atoms with Gasteiger partial charge >= 0.3 is 6.18 Å². The molecule has 1 saturated carbocycles. The van der Waals surface area contributed by atoms with E-state index in [0.29, 0.717) is 18.4 Å². The van der Waals surface area contributed by atoms with Crippen molar-refractivity contribution in [1.29, 1.82) is 0 Å². The van der Waals surface area contributed by atoms with Gasteiger partial charge in [-0.15, -0.1) is 0 Å². The first-order chi connectivity index (χ1) is 7.49. The van der Waals surface area contributed by atoms with Crippen LogP contribution in [0.25, 0.3) is 0 Å². The van der Waals surface area contributed by atoms with Crippen LogP contribution >= 0.6 is 0 Å². The molecule has 0 spiro atoms. The van der Waals surface area contributed by atoms with E-state index in [2.05, 4.69) is 5.32 Å². The zero-order valence-electron chi connectivity index (χ0n) is 9.13. The predicted molar refractivity (Wildman–Crippen MR) is 53.9 cm³/mol. The Hall–Kier alpha value is -0.290. The summed E-state index contributed by atoms with van der Waals surface area (Å²) in [7, 11) is 0. The molecule has 1 heterocycles. The monoisotopic (exact) mass is 237 g/mol. The minimum atomic E-state index is -4.07. The fraction of sp³-hybridized carbons (Fsp3) is 1.00. The second-order valence-corrected chi connectivity index (χ2v) is 5.11. The molecule has 2 aliphatic rings. The molecular formula is C11H18F3NO. The van der Waals surface area contributed by atoms with E-state index >= 15 is 0 Å². The van der Waals surface area contributed by atoms with Gasteiger partial charge in [0.25, 0.3) is 0 Å². The molecule has 1 saturated heterocycles. The van der Waals surface area contributed by atoms with Crippen LogP contribution in [0.2, 0.25) is 0 Å². The highest BCUT2D eigenvalue weighted by atomic mass is 19.4. The van der Waals surface area contributed by atoms with Crippen molar-refractivity contribution in [1.82, 2.24) is 5.32 Å². The number of nitrogens with one attached hydrogen (secondary N) is 1. The lowest BCUT2D eigenvalue weighted by atomic mass is 9.92. The third kappa shape index (κ3) is 2.69. The predicted octanol–water partition coefficient (Wildman–Crippen LogP) is 1.94. The van der Waals surface area contributed by atoms with E-state index in [-0.39, 0.29) is 12.5 Å². The first-order valence-corrected chi connectivity index (χ1v) is 5.90. The first kappa shape index (κ1) is 12.2. The van der Waals surface area contributed by atoms with Crippen molar-refractivity contribution >= 4 is 0 Å². The SMILES string of the molecule is OCC[C@@H]1C[C@H]2CN[C@H](CC(F)(F)F)[C@@H]2C1. The smallest absolute Gasteiger partial charge is 0.390 e. The Kier molecular flexibility index (Phi) is 3.45. The van der Waals surface area contributed by atoms with Gasteiger partial charge in [-0.2, -0.15) is 13.2 Å². The standard InChI is InChI=1S/C11H18F3NO/c12-11(13,14)5-10-9-4-7(1-2-16)3-8(9)6-15-10/h7-10,15-16H,1-6H2/t7-,8+,9-,10-/m1/s1. The van der Waals surface area contributed by atoms with Crippen LogP contribution in [0.1, 0.15) is 25.7 Å². The molecular weight excluding hydrogens is 219 g/mol. The van der Waals surface area contributed by atoms with E-state index in [4.69, 9.17) is 5.11 Å². The van der Waals surface area contributed by atoms with E-state index in [0.717, 1.165) is 19.3 Å². The molecule has 0 aromatic carbocycles. The fourth-order valence-electron chi connectivity index (χ4n) is 3.35. The van der Waals surface area contributed by atoms with E-state index in [1.165, 1.54) is 0 Å². The second kappa shape index (κ2) is 4.53. The molecule has 2 nitrogen and oxygen atoms in total. The lowest BCUT2D eigenvalue weighted by molar-refractivity contribution is -0.141. The average molecular weight is 237 g/mol. The van der Waals surface area contributed by atoms with Crippen molar-refractivity contribution in [2.75, 3.05) is 13.2 Å². The molecule has 2 N–H and O–H groups in total. The van der Waals surface area contributed by atoms with Crippen molar-refractivity contribution in [3.05, 3.63) is 0 Å². The summed E-state index contributed by atoms with van der Waals surface area (Å²) in [4.78, 5) is 0. The van der Waals surface area contributed by atoms with Crippen molar-refractivity contribution in [2.45, 2.75) is 37.9 Å². The summed E-state index contributed by atoms with van der Waals surface area (Å²) in [6.45, 7) is 0.870. The highest BCUT2D eigenvalue weighted by Crippen LogP contribution is 2.45. The van der Waals surface area contributed by atoms with Crippen LogP contribution in [0.3, 0.4) is 0 Å². The molecule has 2 rings (SSSR count). The molecule has 1 aliphatic heterocycles. The molecule has 1 aliphatic carbocycles. The molecule has 94 valence electrons. The summed E-state index contributed by atoms with van der Waals surface area (Å²) in [5.74, 6) is 0.986. The summed E-state index contributed by atoms with van der Waals surface area (Å²) < 4.78 is 37.0. The average Bonchev–Trinajstić information content (AvgIpc) is 2.66. The van der Waals surface area contributed by atoms with Gasteiger partial charge in [0.05, 0.1) is 6.42 Å². The Labute approximate surface area is 93.2 Å². The van der Waals surface area contributed by atoms with Gasteiger partial charge in [-0.25, -0.2) is 0 Å². The molecule has 0 aromatic rings. The molecule has 5 heteroatoms. The minimum absolute atomic E-state index is 0.154. The van der Waals surface area contributed by atoms with Crippen LogP contribution in [0.4, 0.5) is 13.2 Å². The van der Waals surface area contributed by atoms with Crippen molar-refractivity contribution in [3.8, 4) is 0 Å². The van der Waals surface area contributed by atoms with E-state index in [1.807, 2.05) is 0 Å². The van der Waals surface area contributed by atoms with Gasteiger partial charge in [0, 0.05) is 12.6 Å². The maximum atomic E-state index is 12.3. The molecule has 2 fully saturated rings. The second-order valence-electron chi connectivity index (χ2n) is 5.11. The van der Waals surface area contributed by atoms with Crippen LogP contribution in [-0.2, 0) is 0 Å². The van der Waals surface area contributed by atoms with Gasteiger partial charge in [0.1, 0.15) is 0 Å². The molecule has 16 heavy (non-hydrogen) atoms. The zero-order chi connectivity index (χ0) is 11.8. The third-order valence-corrected chi connectivity index (χ3v) is 3.99. The normalized spacial score (nSPS) is 39.0. The van der Waals surface area contributed by atoms with Gasteiger partial charge < -0.3 is 10.4 Å². The molecule has 0 amide bonds. The lowest BCUT2D eigenvalue weighted by Crippen LogP contribution is -2.32. The summed E-state index contributed by atoms with van der Waals surface area (Å²) >= 11 is 0. The highest BCUT2D eigenvalue weighted by molar-refractivity contribution is 4.97. The summed E-state index contributed by atoms with van der Waals surface area (Å²) in [6, 6.07) is -0.395. The van der Waals surface area contributed by atoms with Crippen LogP contribution in [0.5, 0.6) is 0 Å². The number of aliphatic hydroxyl groups excluding tert-OH is 1. The van der Waals surface area contributed by atoms with E-state index < -0.39 is 18.6 Å². The number of halogens is 3. The molecule has 0 radical (unpaired) electrons. The summed E-state index contributed by atoms with van der Waals surface area (Å²) in [5.41, 5.74) is 0. The first-order valence-electron chi connectivity index (χ1n) is 5.90. The Balaban J connectivity index is 1.90. The molecule has 4 atom stereocenters. The van der Waals surface area contributed by atoms with Crippen LogP contribution in [0.15, 0.2) is 0 Å². The highest BCUT2D eigenvalue weighted by Gasteiger charge is 2.46. The summed E-state index contributed by atoms with van der Waals surface area (Å²) in [6.07, 6.45) is -2.21. The minimum Gasteiger partial charge on any atom is -0.396 e. The Morgan fingerprint density at radius 1 is 1.25 bits per heavy atom. The molecule has 0 aromatic heterocycles. The van der Waals surface area contributed by atoms with Gasteiger partial charge in [0.15, 0.2) is 0 Å². The quantitative estimate of drug-likeness (QED) is 0.786. The number of fused-ring (bicyclic) bond motifs is 1. The molecule has 0 unspecified atom stereocenters. The van der Waals surface area contributed by atoms with Crippen molar-refractivity contribution in [2.24, 2.45) is 17.8 Å². The number of aliphatic hydroxyl groups is 1. The van der Waals surface area contributed by atoms with Crippen molar-refractivity contribution in [3.63, 3.8) is 0 Å². The number of alkyl halides is 3. The topological polar surface area (TPSA) is 32.3 Å².